The molecule has 0 rings (SSSR count). The van der Waals surface area contributed by atoms with Gasteiger partial charge in [-0.05, 0) is 12.8 Å². The van der Waals surface area contributed by atoms with Gasteiger partial charge in [0.2, 0.25) is 0 Å². The van der Waals surface area contributed by atoms with Crippen LogP contribution in [0.2, 0.25) is 0 Å². The Bertz CT molecular complexity index is 154. The monoisotopic (exact) mass is 295 g/mol. The Morgan fingerprint density at radius 1 is 1.43 bits per heavy atom. The van der Waals surface area contributed by atoms with Gasteiger partial charge in [-0.15, -0.1) is 0 Å². The van der Waals surface area contributed by atoms with Crippen LogP contribution >= 0.6 is 0 Å². The summed E-state index contributed by atoms with van der Waals surface area (Å²) in [6.45, 7) is 3.92. The number of carbonyl (C=O) groups is 1. The molecule has 87 valence electrons. The third-order valence-electron chi connectivity index (χ3n) is 1.95. The maximum Gasteiger partial charge on any atom is 0.709 e. The molecule has 0 spiro atoms. The normalized spacial score (nSPS) is 11.4. The van der Waals surface area contributed by atoms with Gasteiger partial charge in [-0.3, -0.25) is 4.79 Å². The number of hydrogen-bond acceptors (Lipinski definition) is 4. The van der Waals surface area contributed by atoms with Crippen LogP contribution in [0.25, 0.3) is 0 Å². The topological polar surface area (TPSA) is 66.8 Å². The third-order valence-corrected chi connectivity index (χ3v) is 1.95. The fourth-order valence-corrected chi connectivity index (χ4v) is 1.14. The number of hydrogen-bond donors (Lipinski definition) is 2. The molecule has 0 aromatic rings. The fourth-order valence-electron chi connectivity index (χ4n) is 1.14. The molecule has 0 aliphatic heterocycles. The van der Waals surface area contributed by atoms with Gasteiger partial charge in [-0.2, -0.15) is 0 Å². The molecule has 0 fully saturated rings. The van der Waals surface area contributed by atoms with E-state index in [9.17, 15) is 4.79 Å². The molecule has 14 heavy (non-hydrogen) atoms. The van der Waals surface area contributed by atoms with Crippen LogP contribution in [0.1, 0.15) is 39.5 Å². The maximum absolute atomic E-state index is 11.1. The Kier molecular flexibility index (Phi) is 11.6. The molecule has 2 N–H and O–H groups in total. The maximum atomic E-state index is 11.1. The van der Waals surface area contributed by atoms with Gasteiger partial charge < -0.3 is 14.7 Å². The van der Waals surface area contributed by atoms with Crippen molar-refractivity contribution in [1.29, 1.82) is 0 Å². The molecule has 1 radical (unpaired) electrons. The van der Waals surface area contributed by atoms with Gasteiger partial charge in [0.15, 0.2) is 0 Å². The average molecular weight is 296 g/mol. The molecule has 6 heteroatoms. The van der Waals surface area contributed by atoms with Gasteiger partial charge in [0.25, 0.3) is 5.97 Å². The molecule has 4 nitrogen and oxygen atoms in total. The van der Waals surface area contributed by atoms with E-state index in [-0.39, 0.29) is 28.3 Å². The molecule has 0 bridgehead atoms. The minimum absolute atomic E-state index is 0. The van der Waals surface area contributed by atoms with Crippen LogP contribution in [0.5, 0.6) is 0 Å². The first-order valence-corrected chi connectivity index (χ1v) is 4.68. The molecular weight excluding hydrogens is 279 g/mol. The molecular formula is C8H17AgBO4. The van der Waals surface area contributed by atoms with Gasteiger partial charge in [0.1, 0.15) is 0 Å². The molecule has 0 aromatic heterocycles. The summed E-state index contributed by atoms with van der Waals surface area (Å²) < 4.78 is 4.27. The van der Waals surface area contributed by atoms with Gasteiger partial charge in [-0.1, -0.05) is 26.7 Å². The molecule has 0 heterocycles. The zero-order valence-corrected chi connectivity index (χ0v) is 9.98. The zero-order chi connectivity index (χ0) is 10.3. The van der Waals surface area contributed by atoms with Crippen molar-refractivity contribution in [1.82, 2.24) is 0 Å². The van der Waals surface area contributed by atoms with Gasteiger partial charge in [0, 0.05) is 22.4 Å². The van der Waals surface area contributed by atoms with Crippen LogP contribution < -0.4 is 0 Å². The third kappa shape index (κ3) is 7.59. The second-order valence-corrected chi connectivity index (χ2v) is 3.01. The quantitative estimate of drug-likeness (QED) is 0.709. The largest absolute Gasteiger partial charge is 0.709 e. The molecule has 0 saturated carbocycles. The van der Waals surface area contributed by atoms with Crippen LogP contribution in [0, 0.1) is 5.92 Å². The first-order chi connectivity index (χ1) is 6.11. The van der Waals surface area contributed by atoms with Crippen molar-refractivity contribution >= 4 is 13.3 Å². The van der Waals surface area contributed by atoms with Crippen LogP contribution in [0.3, 0.4) is 0 Å². The molecule has 0 amide bonds. The summed E-state index contributed by atoms with van der Waals surface area (Å²) >= 11 is 0. The second kappa shape index (κ2) is 9.74. The number of carbonyl (C=O) groups excluding carboxylic acids is 1. The minimum Gasteiger partial charge on any atom is -0.485 e. The summed E-state index contributed by atoms with van der Waals surface area (Å²) in [7, 11) is -1.98. The van der Waals surface area contributed by atoms with E-state index in [2.05, 4.69) is 4.65 Å². The van der Waals surface area contributed by atoms with E-state index in [1.54, 1.807) is 0 Å². The van der Waals surface area contributed by atoms with Gasteiger partial charge >= 0.3 is 7.32 Å². The standard InChI is InChI=1S/C8H17BO4.Ag/c1-3-5-6-7(4-2)8(10)13-9(11)12;/h7,11-12H,3-6H2,1-2H3;. The molecule has 0 aromatic carbocycles. The first kappa shape index (κ1) is 16.6. The smallest absolute Gasteiger partial charge is 0.485 e. The van der Waals surface area contributed by atoms with Crippen molar-refractivity contribution < 1.29 is 41.9 Å². The van der Waals surface area contributed by atoms with Crippen molar-refractivity contribution in [3.63, 3.8) is 0 Å². The van der Waals surface area contributed by atoms with Crippen LogP contribution in [-0.4, -0.2) is 23.3 Å². The number of unbranched alkanes of at least 4 members (excludes halogenated alkanes) is 1. The van der Waals surface area contributed by atoms with E-state index >= 15 is 0 Å². The second-order valence-electron chi connectivity index (χ2n) is 3.01. The predicted molar refractivity (Wildman–Crippen MR) is 49.6 cm³/mol. The molecule has 0 aliphatic rings. The molecule has 0 saturated heterocycles. The average Bonchev–Trinajstić information content (AvgIpc) is 2.04. The van der Waals surface area contributed by atoms with Crippen LogP contribution in [0.15, 0.2) is 0 Å². The summed E-state index contributed by atoms with van der Waals surface area (Å²) in [5, 5.41) is 16.8. The summed E-state index contributed by atoms with van der Waals surface area (Å²) in [6.07, 6.45) is 3.39. The van der Waals surface area contributed by atoms with Crippen LogP contribution in [0.4, 0.5) is 0 Å². The van der Waals surface area contributed by atoms with E-state index in [1.807, 2.05) is 13.8 Å². The Hall–Kier alpha value is 0.195. The summed E-state index contributed by atoms with van der Waals surface area (Å²) in [4.78, 5) is 11.1. The Labute approximate surface area is 101 Å². The van der Waals surface area contributed by atoms with E-state index in [0.717, 1.165) is 19.3 Å². The minimum atomic E-state index is -1.98. The number of rotatable bonds is 6. The van der Waals surface area contributed by atoms with Crippen molar-refractivity contribution in [2.24, 2.45) is 5.92 Å². The van der Waals surface area contributed by atoms with E-state index in [0.29, 0.717) is 6.42 Å². The summed E-state index contributed by atoms with van der Waals surface area (Å²) in [5.41, 5.74) is 0. The van der Waals surface area contributed by atoms with E-state index < -0.39 is 13.3 Å². The molecule has 0 aliphatic carbocycles. The molecule has 1 atom stereocenters. The first-order valence-electron chi connectivity index (χ1n) is 4.68. The Balaban J connectivity index is 0. The van der Waals surface area contributed by atoms with Crippen molar-refractivity contribution in [2.45, 2.75) is 39.5 Å². The van der Waals surface area contributed by atoms with E-state index in [1.165, 1.54) is 0 Å². The Morgan fingerprint density at radius 3 is 2.36 bits per heavy atom. The van der Waals surface area contributed by atoms with Gasteiger partial charge in [-0.25, -0.2) is 0 Å². The van der Waals surface area contributed by atoms with Crippen molar-refractivity contribution in [2.75, 3.05) is 0 Å². The molecule has 1 unspecified atom stereocenters. The fraction of sp³-hybridized carbons (Fsp3) is 0.875. The predicted octanol–water partition coefficient (Wildman–Crippen LogP) is 0.713. The van der Waals surface area contributed by atoms with Crippen molar-refractivity contribution in [3.05, 3.63) is 0 Å². The van der Waals surface area contributed by atoms with E-state index in [4.69, 9.17) is 10.0 Å². The van der Waals surface area contributed by atoms with Gasteiger partial charge in [0.05, 0.1) is 5.92 Å². The van der Waals surface area contributed by atoms with Crippen LogP contribution in [-0.2, 0) is 31.8 Å². The summed E-state index contributed by atoms with van der Waals surface area (Å²) in [5.74, 6) is -0.729. The van der Waals surface area contributed by atoms with Crippen molar-refractivity contribution in [3.8, 4) is 0 Å². The SMILES string of the molecule is CCCCC(CC)C(=O)OB(O)O.[Ag]. The Morgan fingerprint density at radius 2 is 2.00 bits per heavy atom. The summed E-state index contributed by atoms with van der Waals surface area (Å²) in [6, 6.07) is 0. The zero-order valence-electron chi connectivity index (χ0n) is 8.50.